The maximum Gasteiger partial charge on any atom is 0.314 e. The van der Waals surface area contributed by atoms with E-state index in [4.69, 9.17) is 0 Å². The summed E-state index contributed by atoms with van der Waals surface area (Å²) in [6.07, 6.45) is 5.70. The first-order valence-electron chi connectivity index (χ1n) is 8.75. The van der Waals surface area contributed by atoms with Gasteiger partial charge in [0, 0.05) is 30.9 Å². The Morgan fingerprint density at radius 3 is 2.68 bits per heavy atom. The number of aliphatic hydroxyl groups excluding tert-OH is 1. The first kappa shape index (κ1) is 17.4. The maximum atomic E-state index is 12.0. The number of carbonyl (C=O) groups is 1. The molecule has 132 valence electrons. The highest BCUT2D eigenvalue weighted by Gasteiger charge is 2.49. The highest BCUT2D eigenvalue weighted by Crippen LogP contribution is 2.54. The standard InChI is InChI=1S/C20H25N3O2/c1-15-13-21-11-7-16(15)8-12-22-19(25)23-14-20(9-10-20)18(24)17-5-3-2-4-6-17/h2-7,11,13,18,24H,8-10,12,14H2,1H3,(H2,22,23,25). The number of urea groups is 1. The van der Waals surface area contributed by atoms with Gasteiger partial charge in [-0.15, -0.1) is 0 Å². The number of aliphatic hydroxyl groups is 1. The van der Waals surface area contributed by atoms with Crippen molar-refractivity contribution in [2.24, 2.45) is 5.41 Å². The average molecular weight is 339 g/mol. The molecule has 1 fully saturated rings. The van der Waals surface area contributed by atoms with Crippen LogP contribution in [0.4, 0.5) is 4.79 Å². The molecule has 1 aromatic heterocycles. The largest absolute Gasteiger partial charge is 0.388 e. The molecule has 5 heteroatoms. The van der Waals surface area contributed by atoms with Gasteiger partial charge in [0.05, 0.1) is 6.10 Å². The van der Waals surface area contributed by atoms with Gasteiger partial charge in [0.1, 0.15) is 0 Å². The van der Waals surface area contributed by atoms with Crippen LogP contribution in [-0.4, -0.2) is 29.2 Å². The number of benzene rings is 1. The normalized spacial score (nSPS) is 16.1. The van der Waals surface area contributed by atoms with Crippen molar-refractivity contribution >= 4 is 6.03 Å². The van der Waals surface area contributed by atoms with Crippen molar-refractivity contribution < 1.29 is 9.90 Å². The van der Waals surface area contributed by atoms with Crippen LogP contribution in [0.5, 0.6) is 0 Å². The molecule has 0 aliphatic heterocycles. The Kier molecular flexibility index (Phi) is 5.34. The minimum absolute atomic E-state index is 0.182. The van der Waals surface area contributed by atoms with Crippen molar-refractivity contribution in [3.8, 4) is 0 Å². The van der Waals surface area contributed by atoms with Gasteiger partial charge in [0.25, 0.3) is 0 Å². The van der Waals surface area contributed by atoms with Gasteiger partial charge in [-0.1, -0.05) is 30.3 Å². The monoisotopic (exact) mass is 339 g/mol. The van der Waals surface area contributed by atoms with E-state index >= 15 is 0 Å². The minimum atomic E-state index is -0.534. The molecule has 1 atom stereocenters. The summed E-state index contributed by atoms with van der Waals surface area (Å²) in [5.41, 5.74) is 3.01. The van der Waals surface area contributed by atoms with E-state index in [0.29, 0.717) is 13.1 Å². The first-order valence-corrected chi connectivity index (χ1v) is 8.75. The lowest BCUT2D eigenvalue weighted by molar-refractivity contribution is 0.0932. The number of aromatic nitrogens is 1. The highest BCUT2D eigenvalue weighted by atomic mass is 16.3. The van der Waals surface area contributed by atoms with E-state index < -0.39 is 6.10 Å². The Hall–Kier alpha value is -2.40. The van der Waals surface area contributed by atoms with Crippen LogP contribution in [0.25, 0.3) is 0 Å². The fraction of sp³-hybridized carbons (Fsp3) is 0.400. The summed E-state index contributed by atoms with van der Waals surface area (Å²) >= 11 is 0. The number of aryl methyl sites for hydroxylation is 1. The molecular weight excluding hydrogens is 314 g/mol. The van der Waals surface area contributed by atoms with Crippen molar-refractivity contribution in [3.05, 3.63) is 65.5 Å². The number of hydrogen-bond donors (Lipinski definition) is 3. The molecule has 1 aliphatic carbocycles. The zero-order chi connectivity index (χ0) is 17.7. The van der Waals surface area contributed by atoms with Crippen molar-refractivity contribution in [3.63, 3.8) is 0 Å². The predicted octanol–water partition coefficient (Wildman–Crippen LogP) is 2.75. The van der Waals surface area contributed by atoms with Gasteiger partial charge < -0.3 is 15.7 Å². The smallest absolute Gasteiger partial charge is 0.314 e. The molecule has 3 N–H and O–H groups in total. The average Bonchev–Trinajstić information content (AvgIpc) is 3.43. The van der Waals surface area contributed by atoms with E-state index in [9.17, 15) is 9.90 Å². The van der Waals surface area contributed by atoms with Gasteiger partial charge in [0.15, 0.2) is 0 Å². The number of nitrogens with one attached hydrogen (secondary N) is 2. The Labute approximate surface area is 148 Å². The summed E-state index contributed by atoms with van der Waals surface area (Å²) in [5.74, 6) is 0. The summed E-state index contributed by atoms with van der Waals surface area (Å²) in [6, 6.07) is 11.4. The van der Waals surface area contributed by atoms with Crippen molar-refractivity contribution in [1.82, 2.24) is 15.6 Å². The van der Waals surface area contributed by atoms with E-state index in [0.717, 1.165) is 30.4 Å². The second kappa shape index (κ2) is 7.66. The van der Waals surface area contributed by atoms with Crippen molar-refractivity contribution in [2.45, 2.75) is 32.3 Å². The van der Waals surface area contributed by atoms with Gasteiger partial charge in [-0.2, -0.15) is 0 Å². The third-order valence-electron chi connectivity index (χ3n) is 5.00. The summed E-state index contributed by atoms with van der Waals surface area (Å²) in [4.78, 5) is 16.1. The Bertz CT molecular complexity index is 714. The molecule has 5 nitrogen and oxygen atoms in total. The zero-order valence-corrected chi connectivity index (χ0v) is 14.5. The lowest BCUT2D eigenvalue weighted by Crippen LogP contribution is -2.40. The molecule has 1 aromatic carbocycles. The Balaban J connectivity index is 1.44. The van der Waals surface area contributed by atoms with Crippen LogP contribution in [0.3, 0.4) is 0 Å². The quantitative estimate of drug-likeness (QED) is 0.726. The molecule has 3 rings (SSSR count). The third-order valence-corrected chi connectivity index (χ3v) is 5.00. The van der Waals surface area contributed by atoms with E-state index in [1.54, 1.807) is 6.20 Å². The van der Waals surface area contributed by atoms with E-state index in [1.807, 2.05) is 49.5 Å². The molecule has 1 saturated carbocycles. The number of carbonyl (C=O) groups excluding carboxylic acids is 1. The molecule has 25 heavy (non-hydrogen) atoms. The lowest BCUT2D eigenvalue weighted by atomic mass is 9.93. The van der Waals surface area contributed by atoms with Gasteiger partial charge in [-0.05, 0) is 48.9 Å². The van der Waals surface area contributed by atoms with Gasteiger partial charge in [0.2, 0.25) is 0 Å². The first-order chi connectivity index (χ1) is 12.1. The Morgan fingerprint density at radius 1 is 1.24 bits per heavy atom. The lowest BCUT2D eigenvalue weighted by Gasteiger charge is -2.23. The predicted molar refractivity (Wildman–Crippen MR) is 97.1 cm³/mol. The van der Waals surface area contributed by atoms with Crippen LogP contribution in [0.1, 0.15) is 35.6 Å². The number of rotatable bonds is 7. The molecule has 2 aromatic rings. The highest BCUT2D eigenvalue weighted by molar-refractivity contribution is 5.73. The molecule has 2 amide bonds. The topological polar surface area (TPSA) is 74.2 Å². The minimum Gasteiger partial charge on any atom is -0.388 e. The molecule has 1 heterocycles. The number of pyridine rings is 1. The van der Waals surface area contributed by atoms with E-state index in [-0.39, 0.29) is 11.4 Å². The summed E-state index contributed by atoms with van der Waals surface area (Å²) < 4.78 is 0. The van der Waals surface area contributed by atoms with Crippen LogP contribution < -0.4 is 10.6 Å². The molecular formula is C20H25N3O2. The second-order valence-electron chi connectivity index (χ2n) is 6.84. The van der Waals surface area contributed by atoms with Gasteiger partial charge >= 0.3 is 6.03 Å². The van der Waals surface area contributed by atoms with Crippen molar-refractivity contribution in [2.75, 3.05) is 13.1 Å². The van der Waals surface area contributed by atoms with Crippen LogP contribution in [0.2, 0.25) is 0 Å². The zero-order valence-electron chi connectivity index (χ0n) is 14.5. The molecule has 1 unspecified atom stereocenters. The number of amides is 2. The molecule has 0 radical (unpaired) electrons. The maximum absolute atomic E-state index is 12.0. The van der Waals surface area contributed by atoms with E-state index in [1.165, 1.54) is 5.56 Å². The molecule has 0 bridgehead atoms. The van der Waals surface area contributed by atoms with Gasteiger partial charge in [-0.25, -0.2) is 4.79 Å². The third kappa shape index (κ3) is 4.37. The Morgan fingerprint density at radius 2 is 2.00 bits per heavy atom. The van der Waals surface area contributed by atoms with Crippen LogP contribution >= 0.6 is 0 Å². The number of nitrogens with zero attached hydrogens (tertiary/aromatic N) is 1. The summed E-state index contributed by atoms with van der Waals surface area (Å²) in [5, 5.41) is 16.4. The fourth-order valence-electron chi connectivity index (χ4n) is 3.11. The van der Waals surface area contributed by atoms with Crippen LogP contribution in [-0.2, 0) is 6.42 Å². The SMILES string of the molecule is Cc1cnccc1CCNC(=O)NCC1(C(O)c2ccccc2)CC1. The molecule has 1 aliphatic rings. The van der Waals surface area contributed by atoms with Crippen LogP contribution in [0, 0.1) is 12.3 Å². The summed E-state index contributed by atoms with van der Waals surface area (Å²) in [7, 11) is 0. The fourth-order valence-corrected chi connectivity index (χ4v) is 3.11. The van der Waals surface area contributed by atoms with Gasteiger partial charge in [-0.3, -0.25) is 4.98 Å². The van der Waals surface area contributed by atoms with E-state index in [2.05, 4.69) is 15.6 Å². The second-order valence-corrected chi connectivity index (χ2v) is 6.84. The number of hydrogen-bond acceptors (Lipinski definition) is 3. The summed E-state index contributed by atoms with van der Waals surface area (Å²) in [6.45, 7) is 3.08. The molecule has 0 spiro atoms. The molecule has 0 saturated heterocycles. The van der Waals surface area contributed by atoms with Crippen molar-refractivity contribution in [1.29, 1.82) is 0 Å². The van der Waals surface area contributed by atoms with Crippen LogP contribution in [0.15, 0.2) is 48.8 Å².